The summed E-state index contributed by atoms with van der Waals surface area (Å²) in [4.78, 5) is 25.8. The molecule has 6 heteroatoms. The highest BCUT2D eigenvalue weighted by Gasteiger charge is 2.21. The quantitative estimate of drug-likeness (QED) is 0.565. The van der Waals surface area contributed by atoms with Gasteiger partial charge in [-0.1, -0.05) is 12.1 Å². The van der Waals surface area contributed by atoms with Crippen molar-refractivity contribution in [3.05, 3.63) is 61.2 Å². The second kappa shape index (κ2) is 7.05. The van der Waals surface area contributed by atoms with E-state index in [-0.39, 0.29) is 5.91 Å². The molecule has 5 rings (SSSR count). The predicted octanol–water partition coefficient (Wildman–Crippen LogP) is 4.43. The number of methoxy groups -OCH3 is 1. The third kappa shape index (κ3) is 3.02. The molecule has 1 saturated heterocycles. The number of carbonyl (C=O) groups is 1. The summed E-state index contributed by atoms with van der Waals surface area (Å²) in [6.07, 6.45) is 8.84. The maximum absolute atomic E-state index is 12.0. The van der Waals surface area contributed by atoms with Gasteiger partial charge in [-0.25, -0.2) is 4.98 Å². The summed E-state index contributed by atoms with van der Waals surface area (Å²) < 4.78 is 5.56. The van der Waals surface area contributed by atoms with Crippen molar-refractivity contribution in [1.29, 1.82) is 0 Å². The monoisotopic (exact) mass is 384 g/mol. The van der Waals surface area contributed by atoms with Crippen LogP contribution in [-0.4, -0.2) is 34.5 Å². The number of hydrogen-bond donors (Lipinski definition) is 1. The number of ether oxygens (including phenoxy) is 1. The Balaban J connectivity index is 1.54. The molecule has 1 fully saturated rings. The fourth-order valence-electron chi connectivity index (χ4n) is 3.93. The number of H-pyrrole nitrogens is 1. The van der Waals surface area contributed by atoms with Crippen LogP contribution in [0, 0.1) is 0 Å². The van der Waals surface area contributed by atoms with Crippen molar-refractivity contribution in [2.45, 2.75) is 12.8 Å². The molecule has 1 aliphatic rings. The molecule has 1 aliphatic heterocycles. The van der Waals surface area contributed by atoms with Gasteiger partial charge in [0.15, 0.2) is 0 Å². The maximum atomic E-state index is 12.0. The maximum Gasteiger partial charge on any atom is 0.227 e. The van der Waals surface area contributed by atoms with Crippen molar-refractivity contribution >= 4 is 22.6 Å². The first kappa shape index (κ1) is 17.4. The summed E-state index contributed by atoms with van der Waals surface area (Å²) in [5.41, 5.74) is 5.74. The molecule has 3 aromatic heterocycles. The van der Waals surface area contributed by atoms with E-state index in [1.54, 1.807) is 13.3 Å². The third-order valence-corrected chi connectivity index (χ3v) is 5.38. The zero-order valence-electron chi connectivity index (χ0n) is 16.1. The lowest BCUT2D eigenvalue weighted by atomic mass is 10.00. The average molecular weight is 384 g/mol. The molecule has 144 valence electrons. The van der Waals surface area contributed by atoms with Crippen LogP contribution in [0.1, 0.15) is 12.8 Å². The Hall–Kier alpha value is -3.67. The molecular formula is C23H20N4O2. The van der Waals surface area contributed by atoms with Crippen molar-refractivity contribution in [2.75, 3.05) is 18.6 Å². The summed E-state index contributed by atoms with van der Waals surface area (Å²) in [6, 6.07) is 12.2. The third-order valence-electron chi connectivity index (χ3n) is 5.38. The van der Waals surface area contributed by atoms with Crippen LogP contribution < -0.4 is 9.64 Å². The molecule has 1 N–H and O–H groups in total. The SMILES string of the molecule is COc1cnc2[nH]ccc2c1-c1cncc(-c2ccc(N3CCCC3=O)cc2)c1. The lowest BCUT2D eigenvalue weighted by Crippen LogP contribution is -2.23. The molecule has 0 radical (unpaired) electrons. The molecule has 0 aliphatic carbocycles. The smallest absolute Gasteiger partial charge is 0.227 e. The number of nitrogens with one attached hydrogen (secondary N) is 1. The van der Waals surface area contributed by atoms with E-state index in [9.17, 15) is 4.79 Å². The van der Waals surface area contributed by atoms with Crippen molar-refractivity contribution in [2.24, 2.45) is 0 Å². The summed E-state index contributed by atoms with van der Waals surface area (Å²) in [6.45, 7) is 0.795. The molecule has 0 atom stereocenters. The van der Waals surface area contributed by atoms with E-state index in [4.69, 9.17) is 4.74 Å². The Kier molecular flexibility index (Phi) is 4.24. The van der Waals surface area contributed by atoms with E-state index < -0.39 is 0 Å². The van der Waals surface area contributed by atoms with Crippen molar-refractivity contribution in [1.82, 2.24) is 15.0 Å². The van der Waals surface area contributed by atoms with E-state index >= 15 is 0 Å². The number of aromatic amines is 1. The van der Waals surface area contributed by atoms with E-state index in [0.717, 1.165) is 51.9 Å². The fraction of sp³-hybridized carbons (Fsp3) is 0.174. The van der Waals surface area contributed by atoms with Crippen LogP contribution in [0.25, 0.3) is 33.3 Å². The van der Waals surface area contributed by atoms with Gasteiger partial charge >= 0.3 is 0 Å². The molecule has 4 aromatic rings. The number of aromatic nitrogens is 3. The second-order valence-corrected chi connectivity index (χ2v) is 7.10. The Bertz CT molecular complexity index is 1200. The average Bonchev–Trinajstić information content (AvgIpc) is 3.42. The zero-order valence-corrected chi connectivity index (χ0v) is 16.1. The standard InChI is InChI=1S/C23H20N4O2/c1-29-20-14-26-23-19(8-9-25-23)22(20)17-11-16(12-24-13-17)15-4-6-18(7-5-15)27-10-2-3-21(27)28/h4-9,11-14H,2-3,10H2,1H3,(H,25,26). The first-order valence-electron chi connectivity index (χ1n) is 9.61. The molecule has 4 heterocycles. The Morgan fingerprint density at radius 1 is 1.03 bits per heavy atom. The van der Waals surface area contributed by atoms with E-state index in [2.05, 4.69) is 21.0 Å². The van der Waals surface area contributed by atoms with Crippen LogP contribution in [-0.2, 0) is 4.79 Å². The lowest BCUT2D eigenvalue weighted by molar-refractivity contribution is -0.117. The molecule has 1 aromatic carbocycles. The zero-order chi connectivity index (χ0) is 19.8. The lowest BCUT2D eigenvalue weighted by Gasteiger charge is -2.16. The number of benzene rings is 1. The van der Waals surface area contributed by atoms with Gasteiger partial charge < -0.3 is 14.6 Å². The minimum absolute atomic E-state index is 0.196. The minimum Gasteiger partial charge on any atom is -0.494 e. The van der Waals surface area contributed by atoms with E-state index in [0.29, 0.717) is 12.2 Å². The van der Waals surface area contributed by atoms with Crippen molar-refractivity contribution in [3.8, 4) is 28.0 Å². The van der Waals surface area contributed by atoms with Crippen LogP contribution >= 0.6 is 0 Å². The van der Waals surface area contributed by atoms with Gasteiger partial charge in [0.1, 0.15) is 11.4 Å². The van der Waals surface area contributed by atoms with Crippen LogP contribution in [0.2, 0.25) is 0 Å². The highest BCUT2D eigenvalue weighted by atomic mass is 16.5. The highest BCUT2D eigenvalue weighted by Crippen LogP contribution is 2.37. The minimum atomic E-state index is 0.196. The molecule has 0 spiro atoms. The fourth-order valence-corrected chi connectivity index (χ4v) is 3.93. The van der Waals surface area contributed by atoms with Gasteiger partial charge in [-0.05, 0) is 36.2 Å². The van der Waals surface area contributed by atoms with Crippen molar-refractivity contribution < 1.29 is 9.53 Å². The van der Waals surface area contributed by atoms with Gasteiger partial charge in [0.2, 0.25) is 5.91 Å². The van der Waals surface area contributed by atoms with Gasteiger partial charge in [-0.3, -0.25) is 9.78 Å². The summed E-state index contributed by atoms with van der Waals surface area (Å²) >= 11 is 0. The number of pyridine rings is 2. The normalized spacial score (nSPS) is 14.0. The Morgan fingerprint density at radius 2 is 1.86 bits per heavy atom. The van der Waals surface area contributed by atoms with Crippen LogP contribution in [0.5, 0.6) is 5.75 Å². The van der Waals surface area contributed by atoms with Gasteiger partial charge in [0.25, 0.3) is 0 Å². The van der Waals surface area contributed by atoms with E-state index in [1.807, 2.05) is 53.8 Å². The first-order chi connectivity index (χ1) is 14.2. The number of anilines is 1. The number of nitrogens with zero attached hydrogens (tertiary/aromatic N) is 3. The predicted molar refractivity (Wildman–Crippen MR) is 113 cm³/mol. The van der Waals surface area contributed by atoms with Crippen molar-refractivity contribution in [3.63, 3.8) is 0 Å². The number of carbonyl (C=O) groups excluding carboxylic acids is 1. The number of fused-ring (bicyclic) bond motifs is 1. The van der Waals surface area contributed by atoms with Gasteiger partial charge in [0, 0.05) is 59.3 Å². The molecule has 6 nitrogen and oxygen atoms in total. The molecule has 0 unspecified atom stereocenters. The molecular weight excluding hydrogens is 364 g/mol. The molecule has 1 amide bonds. The molecule has 0 saturated carbocycles. The van der Waals surface area contributed by atoms with Crippen LogP contribution in [0.15, 0.2) is 61.2 Å². The summed E-state index contributed by atoms with van der Waals surface area (Å²) in [5, 5.41) is 0.992. The van der Waals surface area contributed by atoms with Crippen LogP contribution in [0.3, 0.4) is 0 Å². The van der Waals surface area contributed by atoms with Gasteiger partial charge in [-0.15, -0.1) is 0 Å². The second-order valence-electron chi connectivity index (χ2n) is 7.10. The molecule has 0 bridgehead atoms. The molecule has 29 heavy (non-hydrogen) atoms. The first-order valence-corrected chi connectivity index (χ1v) is 9.61. The summed E-state index contributed by atoms with van der Waals surface area (Å²) in [7, 11) is 1.65. The Morgan fingerprint density at radius 3 is 2.62 bits per heavy atom. The van der Waals surface area contributed by atoms with Gasteiger partial charge in [-0.2, -0.15) is 0 Å². The Labute approximate surface area is 168 Å². The largest absolute Gasteiger partial charge is 0.494 e. The van der Waals surface area contributed by atoms with Gasteiger partial charge in [0.05, 0.1) is 13.3 Å². The number of hydrogen-bond acceptors (Lipinski definition) is 4. The topological polar surface area (TPSA) is 71.1 Å². The summed E-state index contributed by atoms with van der Waals surface area (Å²) in [5.74, 6) is 0.903. The van der Waals surface area contributed by atoms with E-state index in [1.165, 1.54) is 0 Å². The number of amides is 1. The van der Waals surface area contributed by atoms with Crippen LogP contribution in [0.4, 0.5) is 5.69 Å². The highest BCUT2D eigenvalue weighted by molar-refractivity contribution is 5.97. The number of rotatable bonds is 4.